The van der Waals surface area contributed by atoms with Gasteiger partial charge in [0.2, 0.25) is 0 Å². The minimum absolute atomic E-state index is 0.0641. The Morgan fingerprint density at radius 2 is 1.87 bits per heavy atom. The van der Waals surface area contributed by atoms with Crippen LogP contribution in [0.1, 0.15) is 11.1 Å². The molecule has 0 radical (unpaired) electrons. The molecule has 0 aliphatic rings. The van der Waals surface area contributed by atoms with Gasteiger partial charge in [0, 0.05) is 18.7 Å². The number of aryl methyl sites for hydroxylation is 3. The average molecular weight is 202 g/mol. The first-order valence-corrected chi connectivity index (χ1v) is 4.91. The van der Waals surface area contributed by atoms with Crippen LogP contribution >= 0.6 is 0 Å². The van der Waals surface area contributed by atoms with Gasteiger partial charge >= 0.3 is 0 Å². The topological polar surface area (TPSA) is 37.8 Å². The fourth-order valence-electron chi connectivity index (χ4n) is 1.66. The molecule has 0 saturated carbocycles. The minimum Gasteiger partial charge on any atom is -0.288 e. The highest BCUT2D eigenvalue weighted by Crippen LogP contribution is 2.19. The SMILES string of the molecule is Cc1ccc(-c2cc(=O)[nH]n2C)cc1C. The van der Waals surface area contributed by atoms with Gasteiger partial charge < -0.3 is 0 Å². The van der Waals surface area contributed by atoms with Crippen LogP contribution in [0.3, 0.4) is 0 Å². The normalized spacial score (nSPS) is 10.6. The molecule has 0 bridgehead atoms. The van der Waals surface area contributed by atoms with Gasteiger partial charge in [-0.25, -0.2) is 0 Å². The predicted molar refractivity (Wildman–Crippen MR) is 60.9 cm³/mol. The van der Waals surface area contributed by atoms with Gasteiger partial charge in [0.05, 0.1) is 5.69 Å². The number of aromatic amines is 1. The van der Waals surface area contributed by atoms with Crippen molar-refractivity contribution < 1.29 is 0 Å². The lowest BCUT2D eigenvalue weighted by atomic mass is 10.0. The van der Waals surface area contributed by atoms with E-state index in [0.29, 0.717) is 0 Å². The monoisotopic (exact) mass is 202 g/mol. The maximum atomic E-state index is 11.2. The Labute approximate surface area is 88.4 Å². The van der Waals surface area contributed by atoms with E-state index in [-0.39, 0.29) is 5.56 Å². The molecule has 3 nitrogen and oxygen atoms in total. The molecule has 0 spiro atoms. The van der Waals surface area contributed by atoms with Gasteiger partial charge in [-0.15, -0.1) is 0 Å². The maximum Gasteiger partial charge on any atom is 0.264 e. The largest absolute Gasteiger partial charge is 0.288 e. The van der Waals surface area contributed by atoms with Crippen molar-refractivity contribution in [1.82, 2.24) is 9.78 Å². The van der Waals surface area contributed by atoms with Crippen molar-refractivity contribution in [3.8, 4) is 11.3 Å². The van der Waals surface area contributed by atoms with Crippen molar-refractivity contribution in [2.45, 2.75) is 13.8 Å². The molecule has 1 N–H and O–H groups in total. The van der Waals surface area contributed by atoms with E-state index >= 15 is 0 Å². The molecule has 0 aliphatic carbocycles. The van der Waals surface area contributed by atoms with E-state index in [2.05, 4.69) is 31.1 Å². The van der Waals surface area contributed by atoms with Crippen LogP contribution < -0.4 is 5.56 Å². The van der Waals surface area contributed by atoms with Gasteiger partial charge in [0.1, 0.15) is 0 Å². The average Bonchev–Trinajstić information content (AvgIpc) is 2.50. The molecule has 0 unspecified atom stereocenters. The van der Waals surface area contributed by atoms with Crippen LogP contribution in [-0.2, 0) is 7.05 Å². The summed E-state index contributed by atoms with van der Waals surface area (Å²) in [4.78, 5) is 11.2. The third-order valence-corrected chi connectivity index (χ3v) is 2.71. The summed E-state index contributed by atoms with van der Waals surface area (Å²) in [6, 6.07) is 7.81. The predicted octanol–water partition coefficient (Wildman–Crippen LogP) is 2.00. The van der Waals surface area contributed by atoms with Crippen LogP contribution in [0.5, 0.6) is 0 Å². The smallest absolute Gasteiger partial charge is 0.264 e. The lowest BCUT2D eigenvalue weighted by Gasteiger charge is -2.05. The quantitative estimate of drug-likeness (QED) is 0.754. The summed E-state index contributed by atoms with van der Waals surface area (Å²) in [5.41, 5.74) is 4.42. The second-order valence-corrected chi connectivity index (χ2v) is 3.86. The van der Waals surface area contributed by atoms with Crippen LogP contribution in [0.15, 0.2) is 29.1 Å². The second-order valence-electron chi connectivity index (χ2n) is 3.86. The number of nitrogens with one attached hydrogen (secondary N) is 1. The summed E-state index contributed by atoms with van der Waals surface area (Å²) in [7, 11) is 1.84. The Kier molecular flexibility index (Phi) is 2.23. The third-order valence-electron chi connectivity index (χ3n) is 2.71. The summed E-state index contributed by atoms with van der Waals surface area (Å²) in [5, 5.41) is 2.70. The van der Waals surface area contributed by atoms with Crippen molar-refractivity contribution >= 4 is 0 Å². The summed E-state index contributed by atoms with van der Waals surface area (Å²) in [6.45, 7) is 4.15. The number of hydrogen-bond donors (Lipinski definition) is 1. The number of H-pyrrole nitrogens is 1. The first-order chi connectivity index (χ1) is 7.08. The van der Waals surface area contributed by atoms with E-state index < -0.39 is 0 Å². The highest BCUT2D eigenvalue weighted by atomic mass is 16.1. The van der Waals surface area contributed by atoms with Gasteiger partial charge in [-0.3, -0.25) is 14.6 Å². The molecule has 0 saturated heterocycles. The first-order valence-electron chi connectivity index (χ1n) is 4.91. The van der Waals surface area contributed by atoms with Crippen molar-refractivity contribution in [3.63, 3.8) is 0 Å². The molecule has 3 heteroatoms. The molecule has 2 aromatic rings. The molecule has 1 heterocycles. The summed E-state index contributed by atoms with van der Waals surface area (Å²) in [5.74, 6) is 0. The van der Waals surface area contributed by atoms with Gasteiger partial charge in [-0.2, -0.15) is 0 Å². The molecular weight excluding hydrogens is 188 g/mol. The van der Waals surface area contributed by atoms with E-state index in [1.165, 1.54) is 11.1 Å². The molecule has 1 aromatic heterocycles. The van der Waals surface area contributed by atoms with Gasteiger partial charge in [-0.1, -0.05) is 12.1 Å². The Bertz CT molecular complexity index is 549. The van der Waals surface area contributed by atoms with Crippen molar-refractivity contribution in [3.05, 3.63) is 45.7 Å². The summed E-state index contributed by atoms with van der Waals surface area (Å²) in [6.07, 6.45) is 0. The molecule has 15 heavy (non-hydrogen) atoms. The van der Waals surface area contributed by atoms with E-state index in [4.69, 9.17) is 0 Å². The van der Waals surface area contributed by atoms with Crippen molar-refractivity contribution in [2.75, 3.05) is 0 Å². The molecule has 78 valence electrons. The molecule has 0 fully saturated rings. The Morgan fingerprint density at radius 1 is 1.13 bits per heavy atom. The van der Waals surface area contributed by atoms with Crippen LogP contribution in [0.25, 0.3) is 11.3 Å². The first kappa shape index (κ1) is 9.77. The maximum absolute atomic E-state index is 11.2. The number of benzene rings is 1. The van der Waals surface area contributed by atoms with Crippen molar-refractivity contribution in [1.29, 1.82) is 0 Å². The number of rotatable bonds is 1. The number of nitrogens with zero attached hydrogens (tertiary/aromatic N) is 1. The van der Waals surface area contributed by atoms with Crippen LogP contribution in [-0.4, -0.2) is 9.78 Å². The summed E-state index contributed by atoms with van der Waals surface area (Å²) < 4.78 is 1.74. The second kappa shape index (κ2) is 3.42. The standard InChI is InChI=1S/C12H14N2O/c1-8-4-5-10(6-9(8)2)11-7-12(15)13-14(11)3/h4-7H,1-3H3,(H,13,15). The minimum atomic E-state index is -0.0641. The molecule has 1 aromatic carbocycles. The zero-order chi connectivity index (χ0) is 11.0. The zero-order valence-electron chi connectivity index (χ0n) is 9.16. The van der Waals surface area contributed by atoms with Gasteiger partial charge in [0.15, 0.2) is 0 Å². The number of aromatic nitrogens is 2. The zero-order valence-corrected chi connectivity index (χ0v) is 9.16. The van der Waals surface area contributed by atoms with Crippen LogP contribution in [0.4, 0.5) is 0 Å². The summed E-state index contributed by atoms with van der Waals surface area (Å²) >= 11 is 0. The van der Waals surface area contributed by atoms with Crippen LogP contribution in [0, 0.1) is 13.8 Å². The van der Waals surface area contributed by atoms with E-state index in [1.54, 1.807) is 10.7 Å². The van der Waals surface area contributed by atoms with E-state index in [1.807, 2.05) is 13.1 Å². The molecule has 0 amide bonds. The van der Waals surface area contributed by atoms with Gasteiger partial charge in [0.25, 0.3) is 5.56 Å². The van der Waals surface area contributed by atoms with Crippen LogP contribution in [0.2, 0.25) is 0 Å². The molecule has 2 rings (SSSR count). The van der Waals surface area contributed by atoms with E-state index in [9.17, 15) is 4.79 Å². The lowest BCUT2D eigenvalue weighted by molar-refractivity contribution is 0.764. The molecular formula is C12H14N2O. The Hall–Kier alpha value is -1.77. The highest BCUT2D eigenvalue weighted by molar-refractivity contribution is 5.60. The fourth-order valence-corrected chi connectivity index (χ4v) is 1.66. The van der Waals surface area contributed by atoms with Gasteiger partial charge in [-0.05, 0) is 31.0 Å². The molecule has 0 atom stereocenters. The lowest BCUT2D eigenvalue weighted by Crippen LogP contribution is -2.00. The fraction of sp³-hybridized carbons (Fsp3) is 0.250. The highest BCUT2D eigenvalue weighted by Gasteiger charge is 2.04. The van der Waals surface area contributed by atoms with E-state index in [0.717, 1.165) is 11.3 Å². The Balaban J connectivity index is 2.59. The Morgan fingerprint density at radius 3 is 2.40 bits per heavy atom. The van der Waals surface area contributed by atoms with Crippen molar-refractivity contribution in [2.24, 2.45) is 7.05 Å². The molecule has 0 aliphatic heterocycles. The number of hydrogen-bond acceptors (Lipinski definition) is 1. The third kappa shape index (κ3) is 1.73.